The van der Waals surface area contributed by atoms with Gasteiger partial charge in [0.25, 0.3) is 0 Å². The van der Waals surface area contributed by atoms with Crippen LogP contribution in [-0.2, 0) is 0 Å². The Balaban J connectivity index is 2.34. The number of rotatable bonds is 4. The fourth-order valence-corrected chi connectivity index (χ4v) is 1.72. The molecule has 1 atom stereocenters. The molecule has 12 heavy (non-hydrogen) atoms. The molecule has 0 aliphatic carbocycles. The first-order chi connectivity index (χ1) is 5.70. The number of hydrogen-bond donors (Lipinski definition) is 1. The van der Waals surface area contributed by atoms with Crippen LogP contribution in [0, 0.1) is 0 Å². The molecular weight excluding hydrogens is 170 g/mol. The first-order valence-corrected chi connectivity index (χ1v) is 4.99. The van der Waals surface area contributed by atoms with E-state index in [0.29, 0.717) is 0 Å². The quantitative estimate of drug-likeness (QED) is 0.772. The lowest BCUT2D eigenvalue weighted by Crippen LogP contribution is -2.15. The molecule has 0 aliphatic rings. The van der Waals surface area contributed by atoms with Crippen molar-refractivity contribution in [2.75, 3.05) is 20.6 Å². The van der Waals surface area contributed by atoms with E-state index in [4.69, 9.17) is 0 Å². The lowest BCUT2D eigenvalue weighted by Gasteiger charge is -2.12. The van der Waals surface area contributed by atoms with E-state index in [2.05, 4.69) is 4.90 Å². The fourth-order valence-electron chi connectivity index (χ4n) is 1.01. The zero-order chi connectivity index (χ0) is 8.97. The lowest BCUT2D eigenvalue weighted by molar-refractivity contribution is 0.154. The summed E-state index contributed by atoms with van der Waals surface area (Å²) >= 11 is 1.63. The highest BCUT2D eigenvalue weighted by Gasteiger charge is 2.07. The second-order valence-electron chi connectivity index (χ2n) is 3.16. The first kappa shape index (κ1) is 9.71. The molecule has 0 saturated heterocycles. The van der Waals surface area contributed by atoms with Gasteiger partial charge in [-0.2, -0.15) is 11.3 Å². The Morgan fingerprint density at radius 3 is 2.83 bits per heavy atom. The summed E-state index contributed by atoms with van der Waals surface area (Å²) in [6.07, 6.45) is 0.516. The third-order valence-corrected chi connectivity index (χ3v) is 2.48. The van der Waals surface area contributed by atoms with Gasteiger partial charge in [0.1, 0.15) is 0 Å². The van der Waals surface area contributed by atoms with Gasteiger partial charge in [-0.05, 0) is 42.9 Å². The lowest BCUT2D eigenvalue weighted by atomic mass is 10.1. The van der Waals surface area contributed by atoms with Crippen LogP contribution in [-0.4, -0.2) is 30.6 Å². The third kappa shape index (κ3) is 2.93. The summed E-state index contributed by atoms with van der Waals surface area (Å²) in [6.45, 7) is 0.928. The predicted molar refractivity (Wildman–Crippen MR) is 52.4 cm³/mol. The van der Waals surface area contributed by atoms with E-state index in [9.17, 15) is 5.11 Å². The summed E-state index contributed by atoms with van der Waals surface area (Å²) < 4.78 is 0. The molecule has 68 valence electrons. The van der Waals surface area contributed by atoms with E-state index in [1.54, 1.807) is 11.3 Å². The van der Waals surface area contributed by atoms with Gasteiger partial charge >= 0.3 is 0 Å². The summed E-state index contributed by atoms with van der Waals surface area (Å²) in [5, 5.41) is 13.6. The Morgan fingerprint density at radius 2 is 2.33 bits per heavy atom. The van der Waals surface area contributed by atoms with Crippen LogP contribution in [0.3, 0.4) is 0 Å². The van der Waals surface area contributed by atoms with Crippen molar-refractivity contribution in [3.63, 3.8) is 0 Å². The molecule has 1 aromatic heterocycles. The second-order valence-corrected chi connectivity index (χ2v) is 3.94. The van der Waals surface area contributed by atoms with Crippen LogP contribution in [0.25, 0.3) is 0 Å². The normalized spacial score (nSPS) is 13.7. The molecule has 0 radical (unpaired) electrons. The van der Waals surface area contributed by atoms with E-state index >= 15 is 0 Å². The second kappa shape index (κ2) is 4.60. The summed E-state index contributed by atoms with van der Waals surface area (Å²) in [7, 11) is 4.03. The Hall–Kier alpha value is -0.380. The Kier molecular flexibility index (Phi) is 3.72. The van der Waals surface area contributed by atoms with Crippen molar-refractivity contribution in [2.45, 2.75) is 12.5 Å². The molecule has 2 nitrogen and oxygen atoms in total. The van der Waals surface area contributed by atoms with Crippen molar-refractivity contribution < 1.29 is 5.11 Å². The molecule has 1 aromatic rings. The number of hydrogen-bond acceptors (Lipinski definition) is 3. The minimum absolute atomic E-state index is 0.293. The fraction of sp³-hybridized carbons (Fsp3) is 0.556. The van der Waals surface area contributed by atoms with Crippen LogP contribution in [0.15, 0.2) is 16.8 Å². The van der Waals surface area contributed by atoms with Crippen LogP contribution < -0.4 is 0 Å². The minimum Gasteiger partial charge on any atom is -0.388 e. The van der Waals surface area contributed by atoms with E-state index in [1.165, 1.54) is 0 Å². The summed E-state index contributed by atoms with van der Waals surface area (Å²) in [5.74, 6) is 0. The van der Waals surface area contributed by atoms with Crippen molar-refractivity contribution in [3.8, 4) is 0 Å². The maximum Gasteiger partial charge on any atom is 0.0810 e. The molecule has 1 heterocycles. The Labute approximate surface area is 77.5 Å². The molecule has 1 rings (SSSR count). The highest BCUT2D eigenvalue weighted by molar-refractivity contribution is 7.07. The monoisotopic (exact) mass is 185 g/mol. The van der Waals surface area contributed by atoms with Gasteiger partial charge in [0, 0.05) is 6.54 Å². The summed E-state index contributed by atoms with van der Waals surface area (Å²) in [6, 6.07) is 1.98. The summed E-state index contributed by atoms with van der Waals surface area (Å²) in [5.41, 5.74) is 1.04. The van der Waals surface area contributed by atoms with Crippen LogP contribution in [0.4, 0.5) is 0 Å². The van der Waals surface area contributed by atoms with Crippen molar-refractivity contribution in [1.82, 2.24) is 4.90 Å². The van der Waals surface area contributed by atoms with Gasteiger partial charge in [-0.3, -0.25) is 0 Å². The first-order valence-electron chi connectivity index (χ1n) is 4.05. The molecule has 0 fully saturated rings. The van der Waals surface area contributed by atoms with Gasteiger partial charge in [0.2, 0.25) is 0 Å². The average Bonchev–Trinajstić information content (AvgIpc) is 2.51. The SMILES string of the molecule is CN(C)CC[C@H](O)c1ccsc1. The minimum atomic E-state index is -0.293. The van der Waals surface area contributed by atoms with Crippen LogP contribution >= 0.6 is 11.3 Å². The molecule has 0 aromatic carbocycles. The summed E-state index contributed by atoms with van der Waals surface area (Å²) in [4.78, 5) is 2.08. The number of nitrogens with zero attached hydrogens (tertiary/aromatic N) is 1. The van der Waals surface area contributed by atoms with Crippen molar-refractivity contribution >= 4 is 11.3 Å². The molecule has 0 saturated carbocycles. The predicted octanol–water partition coefficient (Wildman–Crippen LogP) is 1.73. The highest BCUT2D eigenvalue weighted by Crippen LogP contribution is 2.18. The third-order valence-electron chi connectivity index (χ3n) is 1.78. The Morgan fingerprint density at radius 1 is 1.58 bits per heavy atom. The molecule has 1 N–H and O–H groups in total. The molecule has 0 amide bonds. The van der Waals surface area contributed by atoms with Gasteiger partial charge in [-0.25, -0.2) is 0 Å². The Bertz CT molecular complexity index is 208. The van der Waals surface area contributed by atoms with E-state index in [-0.39, 0.29) is 6.10 Å². The van der Waals surface area contributed by atoms with Crippen molar-refractivity contribution in [2.24, 2.45) is 0 Å². The van der Waals surface area contributed by atoms with Gasteiger partial charge in [-0.15, -0.1) is 0 Å². The maximum atomic E-state index is 9.64. The molecule has 0 unspecified atom stereocenters. The van der Waals surface area contributed by atoms with Gasteiger partial charge < -0.3 is 10.0 Å². The molecular formula is C9H15NOS. The standard InChI is InChI=1S/C9H15NOS/c1-10(2)5-3-9(11)8-4-6-12-7-8/h4,6-7,9,11H,3,5H2,1-2H3/t9-/m0/s1. The van der Waals surface area contributed by atoms with Crippen molar-refractivity contribution in [1.29, 1.82) is 0 Å². The smallest absolute Gasteiger partial charge is 0.0810 e. The molecule has 3 heteroatoms. The van der Waals surface area contributed by atoms with Crippen LogP contribution in [0.1, 0.15) is 18.1 Å². The number of aliphatic hydroxyl groups excluding tert-OH is 1. The maximum absolute atomic E-state index is 9.64. The zero-order valence-electron chi connectivity index (χ0n) is 7.53. The van der Waals surface area contributed by atoms with E-state index in [1.807, 2.05) is 30.9 Å². The van der Waals surface area contributed by atoms with E-state index in [0.717, 1.165) is 18.5 Å². The van der Waals surface area contributed by atoms with Crippen molar-refractivity contribution in [3.05, 3.63) is 22.4 Å². The topological polar surface area (TPSA) is 23.5 Å². The van der Waals surface area contributed by atoms with Gasteiger partial charge in [-0.1, -0.05) is 0 Å². The number of aliphatic hydroxyl groups is 1. The average molecular weight is 185 g/mol. The largest absolute Gasteiger partial charge is 0.388 e. The van der Waals surface area contributed by atoms with Crippen LogP contribution in [0.5, 0.6) is 0 Å². The highest BCUT2D eigenvalue weighted by atomic mass is 32.1. The zero-order valence-corrected chi connectivity index (χ0v) is 8.34. The molecule has 0 bridgehead atoms. The van der Waals surface area contributed by atoms with Crippen LogP contribution in [0.2, 0.25) is 0 Å². The van der Waals surface area contributed by atoms with Gasteiger partial charge in [0.05, 0.1) is 6.10 Å². The molecule has 0 spiro atoms. The van der Waals surface area contributed by atoms with E-state index < -0.39 is 0 Å². The number of thiophene rings is 1. The molecule has 0 aliphatic heterocycles. The van der Waals surface area contributed by atoms with Gasteiger partial charge in [0.15, 0.2) is 0 Å².